The topological polar surface area (TPSA) is 63.8 Å². The highest BCUT2D eigenvalue weighted by Crippen LogP contribution is 2.28. The molecule has 0 aliphatic heterocycles. The predicted octanol–water partition coefficient (Wildman–Crippen LogP) is 2.75. The Morgan fingerprint density at radius 2 is 2.15 bits per heavy atom. The van der Waals surface area contributed by atoms with Crippen LogP contribution in [0.4, 0.5) is 0 Å². The fraction of sp³-hybridized carbons (Fsp3) is 0.200. The first-order valence-electron chi connectivity index (χ1n) is 6.48. The highest BCUT2D eigenvalue weighted by molar-refractivity contribution is 7.17. The number of rotatable bonds is 4. The van der Waals surface area contributed by atoms with E-state index >= 15 is 0 Å². The second kappa shape index (κ2) is 5.66. The summed E-state index contributed by atoms with van der Waals surface area (Å²) in [6, 6.07) is 10.3. The maximum Gasteiger partial charge on any atom is 0.125 e. The standard InChI is InChI=1S/C15H16N4S/c1-10-17-7-6-13(18-10)14(19-16)8-11-9-20-15-5-3-2-4-12(11)15/h2-7,9,14,19H,8,16H2,1H3. The largest absolute Gasteiger partial charge is 0.271 e. The molecular weight excluding hydrogens is 268 g/mol. The van der Waals surface area contributed by atoms with Crippen molar-refractivity contribution in [2.75, 3.05) is 0 Å². The molecule has 1 aromatic carbocycles. The highest BCUT2D eigenvalue weighted by atomic mass is 32.1. The van der Waals surface area contributed by atoms with Crippen LogP contribution in [0.3, 0.4) is 0 Å². The first-order valence-corrected chi connectivity index (χ1v) is 7.36. The average molecular weight is 284 g/mol. The Bertz CT molecular complexity index is 722. The van der Waals surface area contributed by atoms with E-state index < -0.39 is 0 Å². The molecule has 0 fully saturated rings. The predicted molar refractivity (Wildman–Crippen MR) is 82.4 cm³/mol. The SMILES string of the molecule is Cc1nccc(C(Cc2csc3ccccc23)NN)n1. The van der Waals surface area contributed by atoms with Crippen LogP contribution >= 0.6 is 11.3 Å². The van der Waals surface area contributed by atoms with Crippen molar-refractivity contribution in [1.82, 2.24) is 15.4 Å². The zero-order chi connectivity index (χ0) is 13.9. The van der Waals surface area contributed by atoms with E-state index in [-0.39, 0.29) is 6.04 Å². The van der Waals surface area contributed by atoms with Gasteiger partial charge in [-0.1, -0.05) is 18.2 Å². The van der Waals surface area contributed by atoms with Crippen molar-refractivity contribution in [3.63, 3.8) is 0 Å². The molecule has 5 heteroatoms. The zero-order valence-electron chi connectivity index (χ0n) is 11.2. The Kier molecular flexibility index (Phi) is 3.73. The molecule has 4 nitrogen and oxygen atoms in total. The summed E-state index contributed by atoms with van der Waals surface area (Å²) < 4.78 is 1.30. The fourth-order valence-electron chi connectivity index (χ4n) is 2.33. The lowest BCUT2D eigenvalue weighted by Gasteiger charge is -2.15. The third-order valence-corrected chi connectivity index (χ3v) is 4.35. The van der Waals surface area contributed by atoms with Crippen LogP contribution in [-0.4, -0.2) is 9.97 Å². The maximum atomic E-state index is 5.71. The van der Waals surface area contributed by atoms with Crippen molar-refractivity contribution in [1.29, 1.82) is 0 Å². The second-order valence-corrected chi connectivity index (χ2v) is 5.62. The number of hydrogen-bond acceptors (Lipinski definition) is 5. The van der Waals surface area contributed by atoms with Crippen molar-refractivity contribution >= 4 is 21.4 Å². The van der Waals surface area contributed by atoms with Gasteiger partial charge in [-0.15, -0.1) is 11.3 Å². The minimum Gasteiger partial charge on any atom is -0.271 e. The van der Waals surface area contributed by atoms with E-state index in [4.69, 9.17) is 5.84 Å². The normalized spacial score (nSPS) is 12.7. The summed E-state index contributed by atoms with van der Waals surface area (Å²) in [6.45, 7) is 1.89. The molecule has 0 amide bonds. The smallest absolute Gasteiger partial charge is 0.125 e. The van der Waals surface area contributed by atoms with Crippen molar-refractivity contribution in [2.45, 2.75) is 19.4 Å². The van der Waals surface area contributed by atoms with Crippen molar-refractivity contribution < 1.29 is 0 Å². The quantitative estimate of drug-likeness (QED) is 0.571. The van der Waals surface area contributed by atoms with Gasteiger partial charge in [0.25, 0.3) is 0 Å². The third kappa shape index (κ3) is 2.56. The lowest BCUT2D eigenvalue weighted by atomic mass is 10.0. The lowest BCUT2D eigenvalue weighted by molar-refractivity contribution is 0.537. The molecule has 0 bridgehead atoms. The molecule has 0 saturated carbocycles. The number of nitrogens with zero attached hydrogens (tertiary/aromatic N) is 2. The van der Waals surface area contributed by atoms with Crippen LogP contribution in [0.25, 0.3) is 10.1 Å². The molecule has 2 aromatic heterocycles. The van der Waals surface area contributed by atoms with Crippen molar-refractivity contribution in [3.8, 4) is 0 Å². The Balaban J connectivity index is 1.92. The number of aryl methyl sites for hydroxylation is 1. The summed E-state index contributed by atoms with van der Waals surface area (Å²) in [5, 5.41) is 3.49. The number of nitrogens with one attached hydrogen (secondary N) is 1. The molecular formula is C15H16N4S. The Hall–Kier alpha value is -1.82. The molecule has 0 saturated heterocycles. The number of nitrogens with two attached hydrogens (primary N) is 1. The number of benzene rings is 1. The van der Waals surface area contributed by atoms with E-state index in [1.807, 2.05) is 13.0 Å². The van der Waals surface area contributed by atoms with Crippen LogP contribution in [0.15, 0.2) is 41.9 Å². The van der Waals surface area contributed by atoms with Crippen LogP contribution in [-0.2, 0) is 6.42 Å². The summed E-state index contributed by atoms with van der Waals surface area (Å²) in [5.74, 6) is 6.47. The number of aromatic nitrogens is 2. The van der Waals surface area contributed by atoms with Gasteiger partial charge in [-0.2, -0.15) is 0 Å². The molecule has 1 atom stereocenters. The molecule has 0 aliphatic rings. The summed E-state index contributed by atoms with van der Waals surface area (Å²) >= 11 is 1.76. The van der Waals surface area contributed by atoms with Gasteiger partial charge in [0.2, 0.25) is 0 Å². The number of fused-ring (bicyclic) bond motifs is 1. The van der Waals surface area contributed by atoms with Gasteiger partial charge in [0, 0.05) is 10.9 Å². The maximum absolute atomic E-state index is 5.71. The van der Waals surface area contributed by atoms with Gasteiger partial charge in [-0.25, -0.2) is 9.97 Å². The van der Waals surface area contributed by atoms with Crippen LogP contribution in [0.2, 0.25) is 0 Å². The van der Waals surface area contributed by atoms with Gasteiger partial charge >= 0.3 is 0 Å². The number of thiophene rings is 1. The van der Waals surface area contributed by atoms with E-state index in [2.05, 4.69) is 45.0 Å². The molecule has 2 heterocycles. The summed E-state index contributed by atoms with van der Waals surface area (Å²) in [4.78, 5) is 8.58. The van der Waals surface area contributed by atoms with Gasteiger partial charge in [-0.05, 0) is 41.8 Å². The summed E-state index contributed by atoms with van der Waals surface area (Å²) in [7, 11) is 0. The Morgan fingerprint density at radius 3 is 2.95 bits per heavy atom. The van der Waals surface area contributed by atoms with Gasteiger partial charge < -0.3 is 0 Å². The molecule has 3 aromatic rings. The van der Waals surface area contributed by atoms with E-state index in [1.54, 1.807) is 17.5 Å². The number of hydrazine groups is 1. The van der Waals surface area contributed by atoms with Gasteiger partial charge in [0.05, 0.1) is 11.7 Å². The van der Waals surface area contributed by atoms with Gasteiger partial charge in [-0.3, -0.25) is 11.3 Å². The average Bonchev–Trinajstić information content (AvgIpc) is 2.88. The second-order valence-electron chi connectivity index (χ2n) is 4.71. The van der Waals surface area contributed by atoms with Crippen LogP contribution in [0.1, 0.15) is 23.1 Å². The Labute approximate surface area is 121 Å². The first-order chi connectivity index (χ1) is 9.78. The van der Waals surface area contributed by atoms with Crippen molar-refractivity contribution in [2.24, 2.45) is 5.84 Å². The van der Waals surface area contributed by atoms with Crippen LogP contribution < -0.4 is 11.3 Å². The summed E-state index contributed by atoms with van der Waals surface area (Å²) in [5.41, 5.74) is 5.09. The number of hydrogen-bond donors (Lipinski definition) is 2. The van der Waals surface area contributed by atoms with Crippen LogP contribution in [0.5, 0.6) is 0 Å². The molecule has 0 radical (unpaired) electrons. The third-order valence-electron chi connectivity index (χ3n) is 3.34. The lowest BCUT2D eigenvalue weighted by Crippen LogP contribution is -2.30. The monoisotopic (exact) mass is 284 g/mol. The molecule has 0 aliphatic carbocycles. The van der Waals surface area contributed by atoms with E-state index in [0.29, 0.717) is 0 Å². The van der Waals surface area contributed by atoms with Gasteiger partial charge in [0.1, 0.15) is 5.82 Å². The molecule has 20 heavy (non-hydrogen) atoms. The minimum absolute atomic E-state index is 0.00490. The first kappa shape index (κ1) is 13.2. The van der Waals surface area contributed by atoms with E-state index in [9.17, 15) is 0 Å². The zero-order valence-corrected chi connectivity index (χ0v) is 12.0. The summed E-state index contributed by atoms with van der Waals surface area (Å²) in [6.07, 6.45) is 2.59. The van der Waals surface area contributed by atoms with E-state index in [1.165, 1.54) is 15.6 Å². The minimum atomic E-state index is -0.00490. The van der Waals surface area contributed by atoms with E-state index in [0.717, 1.165) is 17.9 Å². The molecule has 1 unspecified atom stereocenters. The fourth-order valence-corrected chi connectivity index (χ4v) is 3.30. The van der Waals surface area contributed by atoms with Crippen molar-refractivity contribution in [3.05, 3.63) is 59.0 Å². The van der Waals surface area contributed by atoms with Crippen LogP contribution in [0, 0.1) is 6.92 Å². The Morgan fingerprint density at radius 1 is 1.30 bits per heavy atom. The molecule has 0 spiro atoms. The molecule has 102 valence electrons. The molecule has 3 rings (SSSR count). The highest BCUT2D eigenvalue weighted by Gasteiger charge is 2.14. The molecule has 3 N–H and O–H groups in total. The van der Waals surface area contributed by atoms with Gasteiger partial charge in [0.15, 0.2) is 0 Å².